The van der Waals surface area contributed by atoms with Crippen LogP contribution in [-0.2, 0) is 16.0 Å². The number of hydrogen-bond acceptors (Lipinski definition) is 3. The molecule has 0 unspecified atom stereocenters. The Bertz CT molecular complexity index is 994. The number of urea groups is 1. The first kappa shape index (κ1) is 21.2. The Labute approximate surface area is 182 Å². The second kappa shape index (κ2) is 9.81. The first-order chi connectivity index (χ1) is 15.1. The summed E-state index contributed by atoms with van der Waals surface area (Å²) < 4.78 is 0. The van der Waals surface area contributed by atoms with E-state index in [1.54, 1.807) is 0 Å². The van der Waals surface area contributed by atoms with Gasteiger partial charge in [-0.15, -0.1) is 0 Å². The third kappa shape index (κ3) is 5.16. The molecule has 4 rings (SSSR count). The SMILES string of the molecule is O=C(CC[C@@H]1NC(=O)N(CCc2c[nH]c3ccccc23)C1=O)NCCC1=CCCCC1. The first-order valence-corrected chi connectivity index (χ1v) is 11.2. The fourth-order valence-electron chi connectivity index (χ4n) is 4.41. The van der Waals surface area contributed by atoms with Crippen LogP contribution in [-0.4, -0.2) is 46.9 Å². The Morgan fingerprint density at radius 2 is 2.03 bits per heavy atom. The topological polar surface area (TPSA) is 94.3 Å². The molecule has 1 aliphatic carbocycles. The smallest absolute Gasteiger partial charge is 0.324 e. The van der Waals surface area contributed by atoms with Gasteiger partial charge in [0, 0.05) is 36.6 Å². The average molecular weight is 423 g/mol. The van der Waals surface area contributed by atoms with Gasteiger partial charge in [-0.2, -0.15) is 0 Å². The van der Waals surface area contributed by atoms with Crippen molar-refractivity contribution in [1.29, 1.82) is 0 Å². The monoisotopic (exact) mass is 422 g/mol. The highest BCUT2D eigenvalue weighted by Crippen LogP contribution is 2.20. The molecule has 164 valence electrons. The number of para-hydroxylation sites is 1. The van der Waals surface area contributed by atoms with E-state index in [0.29, 0.717) is 25.9 Å². The summed E-state index contributed by atoms with van der Waals surface area (Å²) in [6.07, 6.45) is 11.0. The molecule has 3 N–H and O–H groups in total. The Kier molecular flexibility index (Phi) is 6.70. The second-order valence-corrected chi connectivity index (χ2v) is 8.35. The van der Waals surface area contributed by atoms with Gasteiger partial charge >= 0.3 is 6.03 Å². The minimum Gasteiger partial charge on any atom is -0.361 e. The molecule has 2 aliphatic rings. The van der Waals surface area contributed by atoms with Crippen LogP contribution in [0.4, 0.5) is 4.79 Å². The van der Waals surface area contributed by atoms with Crippen molar-refractivity contribution >= 4 is 28.7 Å². The third-order valence-corrected chi connectivity index (χ3v) is 6.20. The number of aromatic nitrogens is 1. The van der Waals surface area contributed by atoms with Gasteiger partial charge in [0.1, 0.15) is 6.04 Å². The van der Waals surface area contributed by atoms with E-state index in [9.17, 15) is 14.4 Å². The molecule has 0 spiro atoms. The van der Waals surface area contributed by atoms with Crippen molar-refractivity contribution in [3.8, 4) is 0 Å². The second-order valence-electron chi connectivity index (χ2n) is 8.35. The van der Waals surface area contributed by atoms with E-state index in [2.05, 4.69) is 21.7 Å². The summed E-state index contributed by atoms with van der Waals surface area (Å²) >= 11 is 0. The highest BCUT2D eigenvalue weighted by Gasteiger charge is 2.37. The summed E-state index contributed by atoms with van der Waals surface area (Å²) in [6.45, 7) is 0.955. The number of benzene rings is 1. The molecule has 4 amide bonds. The van der Waals surface area contributed by atoms with Crippen LogP contribution < -0.4 is 10.6 Å². The van der Waals surface area contributed by atoms with E-state index in [0.717, 1.165) is 35.7 Å². The molecule has 2 aromatic rings. The van der Waals surface area contributed by atoms with Gasteiger partial charge in [0.2, 0.25) is 5.91 Å². The van der Waals surface area contributed by atoms with Crippen molar-refractivity contribution in [2.45, 2.75) is 57.4 Å². The maximum Gasteiger partial charge on any atom is 0.324 e. The molecule has 0 radical (unpaired) electrons. The Morgan fingerprint density at radius 1 is 1.16 bits per heavy atom. The number of rotatable bonds is 9. The molecule has 1 aromatic carbocycles. The molecule has 1 aromatic heterocycles. The molecule has 0 saturated carbocycles. The van der Waals surface area contributed by atoms with Crippen LogP contribution in [0.2, 0.25) is 0 Å². The molecule has 1 saturated heterocycles. The number of nitrogens with one attached hydrogen (secondary N) is 3. The Hall–Kier alpha value is -3.09. The molecule has 31 heavy (non-hydrogen) atoms. The summed E-state index contributed by atoms with van der Waals surface area (Å²) in [5.41, 5.74) is 3.54. The van der Waals surface area contributed by atoms with Crippen molar-refractivity contribution in [3.63, 3.8) is 0 Å². The summed E-state index contributed by atoms with van der Waals surface area (Å²) in [4.78, 5) is 41.6. The van der Waals surface area contributed by atoms with Crippen molar-refractivity contribution in [1.82, 2.24) is 20.5 Å². The predicted molar refractivity (Wildman–Crippen MR) is 119 cm³/mol. The van der Waals surface area contributed by atoms with E-state index in [1.807, 2.05) is 30.5 Å². The van der Waals surface area contributed by atoms with Gasteiger partial charge in [0.15, 0.2) is 0 Å². The zero-order valence-corrected chi connectivity index (χ0v) is 17.8. The number of H-pyrrole nitrogens is 1. The van der Waals surface area contributed by atoms with E-state index < -0.39 is 6.04 Å². The predicted octanol–water partition coefficient (Wildman–Crippen LogP) is 3.42. The maximum atomic E-state index is 12.7. The number of allylic oxidation sites excluding steroid dienone is 1. The molecular weight excluding hydrogens is 392 g/mol. The van der Waals surface area contributed by atoms with Crippen molar-refractivity contribution < 1.29 is 14.4 Å². The van der Waals surface area contributed by atoms with Gasteiger partial charge in [-0.25, -0.2) is 4.79 Å². The van der Waals surface area contributed by atoms with Gasteiger partial charge in [-0.05, 0) is 56.6 Å². The van der Waals surface area contributed by atoms with E-state index in [-0.39, 0.29) is 24.3 Å². The lowest BCUT2D eigenvalue weighted by Crippen LogP contribution is -2.34. The molecule has 1 atom stereocenters. The van der Waals surface area contributed by atoms with Crippen molar-refractivity contribution in [2.24, 2.45) is 0 Å². The van der Waals surface area contributed by atoms with Crippen LogP contribution in [0.25, 0.3) is 10.9 Å². The summed E-state index contributed by atoms with van der Waals surface area (Å²) in [5, 5.41) is 6.76. The van der Waals surface area contributed by atoms with E-state index >= 15 is 0 Å². The number of fused-ring (bicyclic) bond motifs is 1. The van der Waals surface area contributed by atoms with Crippen LogP contribution in [0.1, 0.15) is 50.5 Å². The van der Waals surface area contributed by atoms with Gasteiger partial charge in [-0.1, -0.05) is 29.8 Å². The number of carbonyl (C=O) groups excluding carboxylic acids is 3. The highest BCUT2D eigenvalue weighted by atomic mass is 16.2. The van der Waals surface area contributed by atoms with Gasteiger partial charge < -0.3 is 15.6 Å². The van der Waals surface area contributed by atoms with Crippen LogP contribution in [0, 0.1) is 0 Å². The number of nitrogens with zero attached hydrogens (tertiary/aromatic N) is 1. The normalized spacial score (nSPS) is 18.9. The summed E-state index contributed by atoms with van der Waals surface area (Å²) in [5.74, 6) is -0.319. The van der Waals surface area contributed by atoms with Crippen LogP contribution in [0.15, 0.2) is 42.1 Å². The Morgan fingerprint density at radius 3 is 2.87 bits per heavy atom. The van der Waals surface area contributed by atoms with Crippen LogP contribution in [0.5, 0.6) is 0 Å². The standard InChI is InChI=1S/C24H30N4O3/c29-22(25-14-12-17-6-2-1-3-7-17)11-10-21-23(30)28(24(31)27-21)15-13-18-16-26-20-9-5-4-8-19(18)20/h4-6,8-9,16,21,26H,1-3,7,10-15H2,(H,25,29)(H,27,31)/t21-/m0/s1. The van der Waals surface area contributed by atoms with E-state index in [4.69, 9.17) is 0 Å². The van der Waals surface area contributed by atoms with Gasteiger partial charge in [-0.3, -0.25) is 14.5 Å². The average Bonchev–Trinajstić information content (AvgIpc) is 3.32. The molecule has 1 aliphatic heterocycles. The molecular formula is C24H30N4O3. The fourth-order valence-corrected chi connectivity index (χ4v) is 4.41. The lowest BCUT2D eigenvalue weighted by Gasteiger charge is -2.14. The molecule has 2 heterocycles. The quantitative estimate of drug-likeness (QED) is 0.427. The zero-order chi connectivity index (χ0) is 21.6. The van der Waals surface area contributed by atoms with Crippen molar-refractivity contribution in [3.05, 3.63) is 47.7 Å². The number of amides is 4. The summed E-state index contributed by atoms with van der Waals surface area (Å²) in [6, 6.07) is 6.97. The van der Waals surface area contributed by atoms with Gasteiger partial charge in [0.05, 0.1) is 0 Å². The minimum atomic E-state index is -0.623. The van der Waals surface area contributed by atoms with Crippen molar-refractivity contribution in [2.75, 3.05) is 13.1 Å². The number of hydrogen-bond donors (Lipinski definition) is 3. The fraction of sp³-hybridized carbons (Fsp3) is 0.458. The molecule has 0 bridgehead atoms. The largest absolute Gasteiger partial charge is 0.361 e. The first-order valence-electron chi connectivity index (χ1n) is 11.2. The lowest BCUT2D eigenvalue weighted by molar-refractivity contribution is -0.127. The van der Waals surface area contributed by atoms with Crippen LogP contribution in [0.3, 0.4) is 0 Å². The molecule has 7 nitrogen and oxygen atoms in total. The van der Waals surface area contributed by atoms with E-state index in [1.165, 1.54) is 23.3 Å². The maximum absolute atomic E-state index is 12.7. The number of carbonyl (C=O) groups is 3. The minimum absolute atomic E-state index is 0.0734. The number of aromatic amines is 1. The lowest BCUT2D eigenvalue weighted by atomic mass is 9.97. The van der Waals surface area contributed by atoms with Crippen LogP contribution >= 0.6 is 0 Å². The summed E-state index contributed by atoms with van der Waals surface area (Å²) in [7, 11) is 0. The molecule has 1 fully saturated rings. The van der Waals surface area contributed by atoms with Gasteiger partial charge in [0.25, 0.3) is 5.91 Å². The zero-order valence-electron chi connectivity index (χ0n) is 17.8. The third-order valence-electron chi connectivity index (χ3n) is 6.20. The molecule has 7 heteroatoms. The Balaban J connectivity index is 1.21. The highest BCUT2D eigenvalue weighted by molar-refractivity contribution is 6.04. The number of imide groups is 1.